The standard InChI is InChI=1S/C31H43ClN6O6/c1-30(2,3)25(36-29(42)37-31(4,5)6)28(41)38-17-20(44-23-11-10-19(32)16-34-23)15-22(38)26(40)35-21(14-18-8-7-9-18)24(39)27-33-12-13-43-27/h10-13,16,18,20-22,25H,7-9,14-15,17H2,1-6H3,(H,35,40)(H2,36,37,42)/t20-,21?,22+,25-/m1/s1. The van der Waals surface area contributed by atoms with E-state index in [0.29, 0.717) is 23.2 Å². The molecule has 240 valence electrons. The van der Waals surface area contributed by atoms with Crippen LogP contribution in [0.4, 0.5) is 4.79 Å². The number of carbonyl (C=O) groups excluding carboxylic acids is 4. The number of ketones is 1. The number of aromatic nitrogens is 2. The summed E-state index contributed by atoms with van der Waals surface area (Å²) in [6, 6.07) is -0.0528. The Morgan fingerprint density at radius 1 is 1.09 bits per heavy atom. The molecule has 1 saturated carbocycles. The van der Waals surface area contributed by atoms with E-state index >= 15 is 0 Å². The smallest absolute Gasteiger partial charge is 0.315 e. The molecule has 1 aliphatic heterocycles. The second-order valence-corrected chi connectivity index (χ2v) is 14.2. The molecule has 4 amide bonds. The van der Waals surface area contributed by atoms with Crippen LogP contribution in [0.5, 0.6) is 5.88 Å². The minimum absolute atomic E-state index is 0.0668. The quantitative estimate of drug-likeness (QED) is 0.331. The molecule has 0 spiro atoms. The van der Waals surface area contributed by atoms with E-state index in [2.05, 4.69) is 25.9 Å². The molecule has 3 N–H and O–H groups in total. The highest BCUT2D eigenvalue weighted by atomic mass is 35.5. The first-order valence-corrected chi connectivity index (χ1v) is 15.4. The van der Waals surface area contributed by atoms with Gasteiger partial charge in [0.15, 0.2) is 0 Å². The van der Waals surface area contributed by atoms with Crippen LogP contribution in [-0.4, -0.2) is 74.8 Å². The number of hydrogen-bond donors (Lipinski definition) is 3. The molecular formula is C31H43ClN6O6. The Kier molecular flexibility index (Phi) is 10.2. The summed E-state index contributed by atoms with van der Waals surface area (Å²) in [6.45, 7) is 11.1. The van der Waals surface area contributed by atoms with Crippen LogP contribution in [0.2, 0.25) is 5.02 Å². The maximum atomic E-state index is 14.2. The van der Waals surface area contributed by atoms with Gasteiger partial charge in [-0.3, -0.25) is 14.4 Å². The number of hydrogen-bond acceptors (Lipinski definition) is 8. The van der Waals surface area contributed by atoms with Gasteiger partial charge in [0, 0.05) is 24.2 Å². The van der Waals surface area contributed by atoms with Crippen molar-refractivity contribution in [3.63, 3.8) is 0 Å². The Hall–Kier alpha value is -3.67. The summed E-state index contributed by atoms with van der Waals surface area (Å²) < 4.78 is 11.3. The van der Waals surface area contributed by atoms with Gasteiger partial charge in [-0.05, 0) is 44.6 Å². The van der Waals surface area contributed by atoms with E-state index in [9.17, 15) is 19.2 Å². The van der Waals surface area contributed by atoms with Crippen molar-refractivity contribution in [1.29, 1.82) is 0 Å². The maximum absolute atomic E-state index is 14.2. The fraction of sp³-hybridized carbons (Fsp3) is 0.613. The highest BCUT2D eigenvalue weighted by molar-refractivity contribution is 6.30. The van der Waals surface area contributed by atoms with E-state index in [0.717, 1.165) is 19.3 Å². The summed E-state index contributed by atoms with van der Waals surface area (Å²) in [4.78, 5) is 64.0. The number of ether oxygens (including phenoxy) is 1. The van der Waals surface area contributed by atoms with E-state index < -0.39 is 58.8 Å². The highest BCUT2D eigenvalue weighted by Crippen LogP contribution is 2.32. The molecular weight excluding hydrogens is 588 g/mol. The fourth-order valence-corrected chi connectivity index (χ4v) is 5.47. The minimum atomic E-state index is -0.974. The van der Waals surface area contributed by atoms with Gasteiger partial charge in [0.25, 0.3) is 5.89 Å². The normalized spacial score (nSPS) is 20.3. The van der Waals surface area contributed by atoms with Gasteiger partial charge in [-0.1, -0.05) is 51.6 Å². The van der Waals surface area contributed by atoms with E-state index in [1.807, 2.05) is 41.5 Å². The molecule has 0 aromatic carbocycles. The average molecular weight is 631 g/mol. The second kappa shape index (κ2) is 13.5. The number of nitrogens with zero attached hydrogens (tertiary/aromatic N) is 3. The molecule has 13 heteroatoms. The summed E-state index contributed by atoms with van der Waals surface area (Å²) in [5, 5.41) is 9.00. The van der Waals surface area contributed by atoms with Crippen LogP contribution in [0, 0.1) is 11.3 Å². The molecule has 4 atom stereocenters. The van der Waals surface area contributed by atoms with Gasteiger partial charge >= 0.3 is 6.03 Å². The third-order valence-corrected chi connectivity index (χ3v) is 8.01. The molecule has 0 bridgehead atoms. The SMILES string of the molecule is CC(C)(C)NC(=O)N[C@H](C(=O)N1C[C@H](Oc2ccc(Cl)cn2)C[C@H]1C(=O)NC(CC1CCC1)C(=O)c1ncco1)C(C)(C)C. The van der Waals surface area contributed by atoms with Crippen molar-refractivity contribution in [3.05, 3.63) is 41.7 Å². The second-order valence-electron chi connectivity index (χ2n) is 13.7. The van der Waals surface area contributed by atoms with Crippen LogP contribution in [0.3, 0.4) is 0 Å². The van der Waals surface area contributed by atoms with E-state index in [4.69, 9.17) is 20.8 Å². The lowest BCUT2D eigenvalue weighted by atomic mass is 9.80. The predicted octanol–water partition coefficient (Wildman–Crippen LogP) is 4.14. The van der Waals surface area contributed by atoms with Crippen LogP contribution >= 0.6 is 11.6 Å². The molecule has 2 fully saturated rings. The van der Waals surface area contributed by atoms with Gasteiger partial charge in [0.2, 0.25) is 23.5 Å². The van der Waals surface area contributed by atoms with Gasteiger partial charge in [-0.15, -0.1) is 0 Å². The zero-order valence-electron chi connectivity index (χ0n) is 26.2. The molecule has 2 aliphatic rings. The van der Waals surface area contributed by atoms with Crippen LogP contribution < -0.4 is 20.7 Å². The molecule has 2 aromatic heterocycles. The van der Waals surface area contributed by atoms with Crippen molar-refractivity contribution in [2.75, 3.05) is 6.54 Å². The number of nitrogens with one attached hydrogen (secondary N) is 3. The molecule has 44 heavy (non-hydrogen) atoms. The Morgan fingerprint density at radius 2 is 1.82 bits per heavy atom. The molecule has 1 unspecified atom stereocenters. The molecule has 4 rings (SSSR count). The maximum Gasteiger partial charge on any atom is 0.315 e. The Labute approximate surface area is 263 Å². The monoisotopic (exact) mass is 630 g/mol. The predicted molar refractivity (Wildman–Crippen MR) is 163 cm³/mol. The molecule has 3 heterocycles. The number of Topliss-reactive ketones (excluding diaryl/α,β-unsaturated/α-hetero) is 1. The number of oxazole rings is 1. The Bertz CT molecular complexity index is 1320. The molecule has 1 aliphatic carbocycles. The van der Waals surface area contributed by atoms with Crippen molar-refractivity contribution >= 4 is 35.2 Å². The average Bonchev–Trinajstić information content (AvgIpc) is 3.58. The van der Waals surface area contributed by atoms with Gasteiger partial charge < -0.3 is 30.0 Å². The largest absolute Gasteiger partial charge is 0.472 e. The Morgan fingerprint density at radius 3 is 2.36 bits per heavy atom. The van der Waals surface area contributed by atoms with Crippen LogP contribution in [0.1, 0.15) is 84.3 Å². The van der Waals surface area contributed by atoms with E-state index in [1.165, 1.54) is 23.6 Å². The third kappa shape index (κ3) is 8.71. The van der Waals surface area contributed by atoms with Crippen LogP contribution in [-0.2, 0) is 9.59 Å². The van der Waals surface area contributed by atoms with E-state index in [1.54, 1.807) is 12.1 Å². The molecule has 12 nitrogen and oxygen atoms in total. The minimum Gasteiger partial charge on any atom is -0.472 e. The van der Waals surface area contributed by atoms with Crippen LogP contribution in [0.25, 0.3) is 0 Å². The number of carbonyl (C=O) groups is 4. The van der Waals surface area contributed by atoms with Gasteiger partial charge in [-0.25, -0.2) is 14.8 Å². The first-order chi connectivity index (χ1) is 20.6. The number of halogens is 1. The van der Waals surface area contributed by atoms with Crippen molar-refractivity contribution < 1.29 is 28.3 Å². The topological polar surface area (TPSA) is 156 Å². The molecule has 1 saturated heterocycles. The van der Waals surface area contributed by atoms with Gasteiger partial charge in [0.1, 0.15) is 24.5 Å². The zero-order valence-corrected chi connectivity index (χ0v) is 26.9. The molecule has 2 aromatic rings. The number of rotatable bonds is 10. The fourth-order valence-electron chi connectivity index (χ4n) is 5.36. The lowest BCUT2D eigenvalue weighted by Gasteiger charge is -2.36. The van der Waals surface area contributed by atoms with E-state index in [-0.39, 0.29) is 18.9 Å². The van der Waals surface area contributed by atoms with Crippen molar-refractivity contribution in [1.82, 2.24) is 30.8 Å². The summed E-state index contributed by atoms with van der Waals surface area (Å²) in [6.07, 6.45) is 7.18. The molecule has 0 radical (unpaired) electrons. The summed E-state index contributed by atoms with van der Waals surface area (Å²) in [5.41, 5.74) is -1.22. The van der Waals surface area contributed by atoms with Crippen molar-refractivity contribution in [2.24, 2.45) is 11.3 Å². The number of urea groups is 1. The Balaban J connectivity index is 1.59. The van der Waals surface area contributed by atoms with Crippen molar-refractivity contribution in [2.45, 2.75) is 103 Å². The number of likely N-dealkylation sites (tertiary alicyclic amines) is 1. The van der Waals surface area contributed by atoms with Gasteiger partial charge in [-0.2, -0.15) is 0 Å². The third-order valence-electron chi connectivity index (χ3n) is 7.78. The number of amides is 4. The number of pyridine rings is 1. The first kappa shape index (κ1) is 33.2. The summed E-state index contributed by atoms with van der Waals surface area (Å²) >= 11 is 5.98. The zero-order chi connectivity index (χ0) is 32.2. The lowest BCUT2D eigenvalue weighted by molar-refractivity contribution is -0.142. The van der Waals surface area contributed by atoms with Crippen molar-refractivity contribution in [3.8, 4) is 5.88 Å². The van der Waals surface area contributed by atoms with Gasteiger partial charge in [0.05, 0.1) is 23.8 Å². The van der Waals surface area contributed by atoms with Crippen LogP contribution in [0.15, 0.2) is 35.2 Å². The lowest BCUT2D eigenvalue weighted by Crippen LogP contribution is -2.61. The summed E-state index contributed by atoms with van der Waals surface area (Å²) in [7, 11) is 0. The first-order valence-electron chi connectivity index (χ1n) is 15.0. The highest BCUT2D eigenvalue weighted by Gasteiger charge is 2.47. The summed E-state index contributed by atoms with van der Waals surface area (Å²) in [5.74, 6) is -0.840.